The predicted octanol–water partition coefficient (Wildman–Crippen LogP) is 3.65. The van der Waals surface area contributed by atoms with Crippen molar-refractivity contribution in [1.82, 2.24) is 9.55 Å². The van der Waals surface area contributed by atoms with Gasteiger partial charge in [-0.1, -0.05) is 0 Å². The summed E-state index contributed by atoms with van der Waals surface area (Å²) >= 11 is 0. The number of esters is 1. The summed E-state index contributed by atoms with van der Waals surface area (Å²) in [6, 6.07) is 4.13. The van der Waals surface area contributed by atoms with Crippen LogP contribution in [0.15, 0.2) is 18.3 Å². The molecule has 1 aliphatic rings. The van der Waals surface area contributed by atoms with Crippen molar-refractivity contribution in [2.45, 2.75) is 52.2 Å². The smallest absolute Gasteiger partial charge is 0.341 e. The Morgan fingerprint density at radius 3 is 2.70 bits per heavy atom. The fraction of sp³-hybridized carbons (Fsp3) is 0.556. The van der Waals surface area contributed by atoms with Crippen LogP contribution in [0.1, 0.15) is 55.7 Å². The van der Waals surface area contributed by atoms with Gasteiger partial charge in [0.05, 0.1) is 5.56 Å². The van der Waals surface area contributed by atoms with Gasteiger partial charge in [0.2, 0.25) is 0 Å². The number of rotatable bonds is 2. The van der Waals surface area contributed by atoms with Crippen molar-refractivity contribution < 1.29 is 14.3 Å². The Kier molecular flexibility index (Phi) is 4.15. The van der Waals surface area contributed by atoms with Gasteiger partial charge in [-0.2, -0.15) is 0 Å². The molecule has 0 atom stereocenters. The van der Waals surface area contributed by atoms with Gasteiger partial charge >= 0.3 is 5.97 Å². The molecule has 1 saturated heterocycles. The minimum Gasteiger partial charge on any atom is -0.456 e. The van der Waals surface area contributed by atoms with Gasteiger partial charge in [-0.25, -0.2) is 9.78 Å². The van der Waals surface area contributed by atoms with Crippen molar-refractivity contribution in [2.24, 2.45) is 0 Å². The van der Waals surface area contributed by atoms with Crippen molar-refractivity contribution in [3.8, 4) is 0 Å². The molecule has 0 bridgehead atoms. The molecule has 0 unspecified atom stereocenters. The Hall–Kier alpha value is -1.88. The molecule has 23 heavy (non-hydrogen) atoms. The molecule has 0 aromatic carbocycles. The molecule has 0 aliphatic carbocycles. The van der Waals surface area contributed by atoms with Crippen LogP contribution in [-0.4, -0.2) is 34.3 Å². The molecule has 1 aliphatic heterocycles. The highest BCUT2D eigenvalue weighted by molar-refractivity contribution is 6.05. The number of carbonyl (C=O) groups is 1. The summed E-state index contributed by atoms with van der Waals surface area (Å²) in [5, 5.41) is 0.866. The molecular formula is C18H24N2O3. The van der Waals surface area contributed by atoms with Crippen molar-refractivity contribution in [1.29, 1.82) is 0 Å². The second kappa shape index (κ2) is 5.96. The molecule has 3 heterocycles. The summed E-state index contributed by atoms with van der Waals surface area (Å²) in [5.41, 5.74) is 1.91. The van der Waals surface area contributed by atoms with Gasteiger partial charge in [0, 0.05) is 36.5 Å². The summed E-state index contributed by atoms with van der Waals surface area (Å²) in [7, 11) is 0. The lowest BCUT2D eigenvalue weighted by atomic mass is 10.1. The monoisotopic (exact) mass is 316 g/mol. The Morgan fingerprint density at radius 2 is 2.04 bits per heavy atom. The second-order valence-electron chi connectivity index (χ2n) is 7.05. The molecule has 0 saturated carbocycles. The third kappa shape index (κ3) is 3.11. The average Bonchev–Trinajstić information content (AvgIpc) is 2.78. The van der Waals surface area contributed by atoms with E-state index in [9.17, 15) is 4.79 Å². The third-order valence-corrected chi connectivity index (χ3v) is 4.17. The fourth-order valence-electron chi connectivity index (χ4n) is 3.24. The summed E-state index contributed by atoms with van der Waals surface area (Å²) in [4.78, 5) is 17.2. The summed E-state index contributed by atoms with van der Waals surface area (Å²) in [5.74, 6) is -0.279. The molecule has 5 heteroatoms. The number of hydrogen-bond donors (Lipinski definition) is 0. The first-order valence-corrected chi connectivity index (χ1v) is 8.15. The number of nitrogens with zero attached hydrogens (tertiary/aromatic N) is 2. The topological polar surface area (TPSA) is 53.3 Å². The van der Waals surface area contributed by atoms with E-state index in [1.807, 2.05) is 39.8 Å². The summed E-state index contributed by atoms with van der Waals surface area (Å²) in [6.45, 7) is 9.13. The Bertz CT molecular complexity index is 722. The van der Waals surface area contributed by atoms with Gasteiger partial charge in [-0.05, 0) is 52.7 Å². The lowest BCUT2D eigenvalue weighted by Crippen LogP contribution is -2.25. The molecule has 124 valence electrons. The van der Waals surface area contributed by atoms with Crippen molar-refractivity contribution >= 4 is 17.0 Å². The maximum atomic E-state index is 12.7. The highest BCUT2D eigenvalue weighted by Crippen LogP contribution is 2.32. The largest absolute Gasteiger partial charge is 0.456 e. The van der Waals surface area contributed by atoms with Crippen LogP contribution in [-0.2, 0) is 9.47 Å². The Labute approximate surface area is 136 Å². The SMILES string of the molecule is Cc1c(C(=O)OC(C)(C)C)c2cccnc2n1C1CCOCC1. The minimum atomic E-state index is -0.515. The quantitative estimate of drug-likeness (QED) is 0.794. The average molecular weight is 316 g/mol. The van der Waals surface area contributed by atoms with Gasteiger partial charge in [-0.3, -0.25) is 0 Å². The molecule has 0 radical (unpaired) electrons. The van der Waals surface area contributed by atoms with Crippen LogP contribution in [0.25, 0.3) is 11.0 Å². The maximum absolute atomic E-state index is 12.7. The van der Waals surface area contributed by atoms with Gasteiger partial charge in [-0.15, -0.1) is 0 Å². The van der Waals surface area contributed by atoms with Crippen molar-refractivity contribution in [3.63, 3.8) is 0 Å². The molecule has 1 fully saturated rings. The highest BCUT2D eigenvalue weighted by atomic mass is 16.6. The van der Waals surface area contributed by atoms with Crippen LogP contribution in [0, 0.1) is 6.92 Å². The van der Waals surface area contributed by atoms with E-state index in [-0.39, 0.29) is 5.97 Å². The number of aromatic nitrogens is 2. The fourth-order valence-corrected chi connectivity index (χ4v) is 3.24. The van der Waals surface area contributed by atoms with E-state index in [2.05, 4.69) is 9.55 Å². The first kappa shape index (κ1) is 16.0. The first-order chi connectivity index (χ1) is 10.9. The van der Waals surface area contributed by atoms with E-state index in [0.717, 1.165) is 42.8 Å². The maximum Gasteiger partial charge on any atom is 0.341 e. The van der Waals surface area contributed by atoms with Crippen LogP contribution in [0.3, 0.4) is 0 Å². The van der Waals surface area contributed by atoms with E-state index in [1.54, 1.807) is 6.20 Å². The molecule has 3 rings (SSSR count). The molecular weight excluding hydrogens is 292 g/mol. The lowest BCUT2D eigenvalue weighted by molar-refractivity contribution is 0.00704. The van der Waals surface area contributed by atoms with E-state index >= 15 is 0 Å². The van der Waals surface area contributed by atoms with Gasteiger partial charge in [0.15, 0.2) is 0 Å². The predicted molar refractivity (Wildman–Crippen MR) is 88.7 cm³/mol. The zero-order chi connectivity index (χ0) is 16.6. The Morgan fingerprint density at radius 1 is 1.35 bits per heavy atom. The molecule has 5 nitrogen and oxygen atoms in total. The number of pyridine rings is 1. The van der Waals surface area contributed by atoms with Crippen molar-refractivity contribution in [3.05, 3.63) is 29.6 Å². The number of hydrogen-bond acceptors (Lipinski definition) is 4. The summed E-state index contributed by atoms with van der Waals surface area (Å²) in [6.07, 6.45) is 3.65. The second-order valence-corrected chi connectivity index (χ2v) is 7.05. The minimum absolute atomic E-state index is 0.279. The van der Waals surface area contributed by atoms with Crippen LogP contribution in [0.4, 0.5) is 0 Å². The molecule has 2 aromatic rings. The third-order valence-electron chi connectivity index (χ3n) is 4.17. The highest BCUT2D eigenvalue weighted by Gasteiger charge is 2.28. The van der Waals surface area contributed by atoms with Gasteiger partial charge < -0.3 is 14.0 Å². The van der Waals surface area contributed by atoms with Crippen molar-refractivity contribution in [2.75, 3.05) is 13.2 Å². The molecule has 0 N–H and O–H groups in total. The van der Waals surface area contributed by atoms with Crippen LogP contribution >= 0.6 is 0 Å². The number of carbonyl (C=O) groups excluding carboxylic acids is 1. The lowest BCUT2D eigenvalue weighted by Gasteiger charge is -2.25. The molecule has 2 aromatic heterocycles. The zero-order valence-electron chi connectivity index (χ0n) is 14.3. The number of fused-ring (bicyclic) bond motifs is 1. The first-order valence-electron chi connectivity index (χ1n) is 8.15. The molecule has 0 spiro atoms. The van der Waals surface area contributed by atoms with E-state index in [4.69, 9.17) is 9.47 Å². The normalized spacial score (nSPS) is 16.7. The zero-order valence-corrected chi connectivity index (χ0v) is 14.3. The number of ether oxygens (including phenoxy) is 2. The standard InChI is InChI=1S/C18H24N2O3/c1-12-15(17(21)23-18(2,3)4)14-6-5-9-19-16(14)20(12)13-7-10-22-11-8-13/h5-6,9,13H,7-8,10-11H2,1-4H3. The van der Waals surface area contributed by atoms with E-state index in [1.165, 1.54) is 0 Å². The van der Waals surface area contributed by atoms with Gasteiger partial charge in [0.25, 0.3) is 0 Å². The summed E-state index contributed by atoms with van der Waals surface area (Å²) < 4.78 is 13.3. The van der Waals surface area contributed by atoms with Crippen LogP contribution < -0.4 is 0 Å². The molecule has 0 amide bonds. The Balaban J connectivity index is 2.11. The van der Waals surface area contributed by atoms with E-state index < -0.39 is 5.60 Å². The van der Waals surface area contributed by atoms with Crippen LogP contribution in [0.2, 0.25) is 0 Å². The van der Waals surface area contributed by atoms with Crippen LogP contribution in [0.5, 0.6) is 0 Å². The van der Waals surface area contributed by atoms with E-state index in [0.29, 0.717) is 11.6 Å². The van der Waals surface area contributed by atoms with Gasteiger partial charge in [0.1, 0.15) is 11.2 Å².